The molecule has 0 bridgehead atoms. The molecular formula is C16H23N5. The minimum Gasteiger partial charge on any atom is -0.295 e. The first-order valence-corrected chi connectivity index (χ1v) is 8.08. The van der Waals surface area contributed by atoms with Gasteiger partial charge in [0.2, 0.25) is 0 Å². The summed E-state index contributed by atoms with van der Waals surface area (Å²) in [5.41, 5.74) is 5.41. The van der Waals surface area contributed by atoms with E-state index in [2.05, 4.69) is 38.0 Å². The molecule has 0 radical (unpaired) electrons. The van der Waals surface area contributed by atoms with Crippen LogP contribution in [0.15, 0.2) is 12.4 Å². The van der Waals surface area contributed by atoms with Crippen molar-refractivity contribution in [3.63, 3.8) is 0 Å². The second kappa shape index (κ2) is 5.30. The SMILES string of the molecule is Cc1cnn(C2CCN(Cc3n[nH]c4c3CCCC4)C2)c1. The smallest absolute Gasteiger partial charge is 0.0797 e. The third-order valence-corrected chi connectivity index (χ3v) is 4.87. The van der Waals surface area contributed by atoms with Gasteiger partial charge >= 0.3 is 0 Å². The zero-order valence-electron chi connectivity index (χ0n) is 12.7. The number of H-pyrrole nitrogens is 1. The summed E-state index contributed by atoms with van der Waals surface area (Å²) in [6.07, 6.45) is 10.3. The molecule has 1 fully saturated rings. The van der Waals surface area contributed by atoms with Crippen LogP contribution in [0.3, 0.4) is 0 Å². The Labute approximate surface area is 125 Å². The molecule has 2 aromatic heterocycles. The van der Waals surface area contributed by atoms with Gasteiger partial charge in [0.15, 0.2) is 0 Å². The highest BCUT2D eigenvalue weighted by molar-refractivity contribution is 5.27. The van der Waals surface area contributed by atoms with E-state index in [9.17, 15) is 0 Å². The van der Waals surface area contributed by atoms with Crippen LogP contribution in [-0.4, -0.2) is 38.0 Å². The van der Waals surface area contributed by atoms with Crippen molar-refractivity contribution in [3.8, 4) is 0 Å². The highest BCUT2D eigenvalue weighted by Gasteiger charge is 2.26. The van der Waals surface area contributed by atoms with Gasteiger partial charge in [0.1, 0.15) is 0 Å². The average Bonchev–Trinajstić information content (AvgIpc) is 3.20. The number of nitrogens with one attached hydrogen (secondary N) is 1. The van der Waals surface area contributed by atoms with Gasteiger partial charge in [-0.2, -0.15) is 10.2 Å². The number of aromatic nitrogens is 4. The summed E-state index contributed by atoms with van der Waals surface area (Å²) in [4.78, 5) is 2.52. The van der Waals surface area contributed by atoms with Gasteiger partial charge in [0.25, 0.3) is 0 Å². The van der Waals surface area contributed by atoms with Gasteiger partial charge in [-0.3, -0.25) is 14.7 Å². The van der Waals surface area contributed by atoms with Gasteiger partial charge in [-0.1, -0.05) is 0 Å². The van der Waals surface area contributed by atoms with Crippen molar-refractivity contribution in [1.82, 2.24) is 24.9 Å². The lowest BCUT2D eigenvalue weighted by Gasteiger charge is -2.17. The molecule has 1 aliphatic heterocycles. The summed E-state index contributed by atoms with van der Waals surface area (Å²) in [6, 6.07) is 0.522. The first kappa shape index (κ1) is 13.1. The molecule has 2 aromatic rings. The Bertz CT molecular complexity index is 626. The number of nitrogens with zero attached hydrogens (tertiary/aromatic N) is 4. The Kier molecular flexibility index (Phi) is 3.30. The van der Waals surface area contributed by atoms with Crippen LogP contribution >= 0.6 is 0 Å². The number of aromatic amines is 1. The molecule has 5 nitrogen and oxygen atoms in total. The predicted octanol–water partition coefficient (Wildman–Crippen LogP) is 2.24. The molecule has 112 valence electrons. The third kappa shape index (κ3) is 2.50. The van der Waals surface area contributed by atoms with E-state index in [1.54, 1.807) is 0 Å². The van der Waals surface area contributed by atoms with Crippen LogP contribution in [0, 0.1) is 6.92 Å². The zero-order valence-corrected chi connectivity index (χ0v) is 12.7. The van der Waals surface area contributed by atoms with Crippen molar-refractivity contribution >= 4 is 0 Å². The Morgan fingerprint density at radius 2 is 2.24 bits per heavy atom. The average molecular weight is 285 g/mol. The first-order valence-electron chi connectivity index (χ1n) is 8.08. The second-order valence-electron chi connectivity index (χ2n) is 6.51. The van der Waals surface area contributed by atoms with Crippen LogP contribution in [0.5, 0.6) is 0 Å². The molecule has 1 aliphatic carbocycles. The van der Waals surface area contributed by atoms with E-state index < -0.39 is 0 Å². The fourth-order valence-electron chi connectivity index (χ4n) is 3.70. The van der Waals surface area contributed by atoms with E-state index >= 15 is 0 Å². The third-order valence-electron chi connectivity index (χ3n) is 4.87. The van der Waals surface area contributed by atoms with E-state index in [0.29, 0.717) is 6.04 Å². The predicted molar refractivity (Wildman–Crippen MR) is 81.1 cm³/mol. The Balaban J connectivity index is 1.43. The van der Waals surface area contributed by atoms with Crippen LogP contribution in [0.1, 0.15) is 47.8 Å². The Morgan fingerprint density at radius 3 is 3.10 bits per heavy atom. The molecule has 0 aromatic carbocycles. The van der Waals surface area contributed by atoms with Crippen molar-refractivity contribution < 1.29 is 0 Å². The number of rotatable bonds is 3. The summed E-state index contributed by atoms with van der Waals surface area (Å²) in [7, 11) is 0. The van der Waals surface area contributed by atoms with Crippen molar-refractivity contribution in [1.29, 1.82) is 0 Å². The zero-order chi connectivity index (χ0) is 14.2. The van der Waals surface area contributed by atoms with E-state index in [1.807, 2.05) is 6.20 Å². The number of fused-ring (bicyclic) bond motifs is 1. The number of hydrogen-bond donors (Lipinski definition) is 1. The molecule has 4 rings (SSSR count). The second-order valence-corrected chi connectivity index (χ2v) is 6.51. The van der Waals surface area contributed by atoms with E-state index in [0.717, 1.165) is 19.6 Å². The van der Waals surface area contributed by atoms with Gasteiger partial charge < -0.3 is 0 Å². The maximum atomic E-state index is 4.57. The van der Waals surface area contributed by atoms with Crippen molar-refractivity contribution in [3.05, 3.63) is 34.9 Å². The van der Waals surface area contributed by atoms with Gasteiger partial charge in [0.05, 0.1) is 17.9 Å². The van der Waals surface area contributed by atoms with E-state index in [4.69, 9.17) is 0 Å². The summed E-state index contributed by atoms with van der Waals surface area (Å²) in [6.45, 7) is 5.32. The van der Waals surface area contributed by atoms with Crippen molar-refractivity contribution in [2.24, 2.45) is 0 Å². The van der Waals surface area contributed by atoms with E-state index in [1.165, 1.54) is 54.6 Å². The van der Waals surface area contributed by atoms with Crippen LogP contribution in [-0.2, 0) is 19.4 Å². The number of likely N-dealkylation sites (tertiary alicyclic amines) is 1. The quantitative estimate of drug-likeness (QED) is 0.941. The molecule has 0 spiro atoms. The molecular weight excluding hydrogens is 262 g/mol. The number of aryl methyl sites for hydroxylation is 2. The normalized spacial score (nSPS) is 22.6. The van der Waals surface area contributed by atoms with Crippen LogP contribution in [0.2, 0.25) is 0 Å². The molecule has 1 unspecified atom stereocenters. The molecule has 3 heterocycles. The maximum absolute atomic E-state index is 4.57. The minimum atomic E-state index is 0.522. The summed E-state index contributed by atoms with van der Waals surface area (Å²) in [5.74, 6) is 0. The Morgan fingerprint density at radius 1 is 1.33 bits per heavy atom. The lowest BCUT2D eigenvalue weighted by Crippen LogP contribution is -2.22. The molecule has 1 N–H and O–H groups in total. The highest BCUT2D eigenvalue weighted by atomic mass is 15.3. The molecule has 21 heavy (non-hydrogen) atoms. The molecule has 1 saturated heterocycles. The van der Waals surface area contributed by atoms with Gasteiger partial charge in [0, 0.05) is 31.5 Å². The van der Waals surface area contributed by atoms with Gasteiger partial charge in [-0.05, 0) is 50.2 Å². The van der Waals surface area contributed by atoms with Crippen molar-refractivity contribution in [2.45, 2.75) is 51.6 Å². The Hall–Kier alpha value is -1.62. The summed E-state index contributed by atoms with van der Waals surface area (Å²) < 4.78 is 2.13. The summed E-state index contributed by atoms with van der Waals surface area (Å²) >= 11 is 0. The first-order chi connectivity index (χ1) is 10.3. The summed E-state index contributed by atoms with van der Waals surface area (Å²) in [5, 5.41) is 12.3. The molecule has 0 amide bonds. The number of hydrogen-bond acceptors (Lipinski definition) is 3. The van der Waals surface area contributed by atoms with Gasteiger partial charge in [-0.15, -0.1) is 0 Å². The van der Waals surface area contributed by atoms with Crippen LogP contribution in [0.25, 0.3) is 0 Å². The van der Waals surface area contributed by atoms with E-state index in [-0.39, 0.29) is 0 Å². The highest BCUT2D eigenvalue weighted by Crippen LogP contribution is 2.26. The lowest BCUT2D eigenvalue weighted by molar-refractivity contribution is 0.307. The van der Waals surface area contributed by atoms with Crippen LogP contribution in [0.4, 0.5) is 0 Å². The maximum Gasteiger partial charge on any atom is 0.0797 e. The van der Waals surface area contributed by atoms with Gasteiger partial charge in [-0.25, -0.2) is 0 Å². The molecule has 1 atom stereocenters. The molecule has 0 saturated carbocycles. The largest absolute Gasteiger partial charge is 0.295 e. The lowest BCUT2D eigenvalue weighted by atomic mass is 9.96. The standard InChI is InChI=1S/C16H23N5/c1-12-8-17-21(9-12)13-6-7-20(10-13)11-16-14-4-2-3-5-15(14)18-19-16/h8-9,13H,2-7,10-11H2,1H3,(H,18,19). The topological polar surface area (TPSA) is 49.7 Å². The fraction of sp³-hybridized carbons (Fsp3) is 0.625. The van der Waals surface area contributed by atoms with Crippen molar-refractivity contribution in [2.75, 3.05) is 13.1 Å². The minimum absolute atomic E-state index is 0.522. The molecule has 5 heteroatoms. The van der Waals surface area contributed by atoms with Crippen LogP contribution < -0.4 is 0 Å². The monoisotopic (exact) mass is 285 g/mol. The fourth-order valence-corrected chi connectivity index (χ4v) is 3.70. The molecule has 2 aliphatic rings.